The topological polar surface area (TPSA) is 94.7 Å². The van der Waals surface area contributed by atoms with E-state index >= 15 is 0 Å². The van der Waals surface area contributed by atoms with Crippen LogP contribution in [0, 0.1) is 10.1 Å². The third-order valence-corrected chi connectivity index (χ3v) is 1.78. The van der Waals surface area contributed by atoms with Crippen LogP contribution in [0.15, 0.2) is 6.07 Å². The summed E-state index contributed by atoms with van der Waals surface area (Å²) in [5.41, 5.74) is -1.14. The summed E-state index contributed by atoms with van der Waals surface area (Å²) in [6, 6.07) is 0.701. The highest BCUT2D eigenvalue weighted by Gasteiger charge is 2.34. The molecule has 1 heterocycles. The molecule has 0 aliphatic rings. The fraction of sp³-hybridized carbons (Fsp3) is 0.375. The molecule has 0 unspecified atom stereocenters. The molecule has 10 heteroatoms. The lowest BCUT2D eigenvalue weighted by molar-refractivity contribution is -0.386. The number of pyridine rings is 1. The Morgan fingerprint density at radius 2 is 2.11 bits per heavy atom. The smallest absolute Gasteiger partial charge is 0.476 e. The minimum atomic E-state index is -5.03. The summed E-state index contributed by atoms with van der Waals surface area (Å²) in [6.45, 7) is -0.900. The first-order valence-corrected chi connectivity index (χ1v) is 4.37. The van der Waals surface area contributed by atoms with Crippen LogP contribution >= 0.6 is 0 Å². The second-order valence-electron chi connectivity index (χ2n) is 2.94. The van der Waals surface area contributed by atoms with Gasteiger partial charge in [-0.05, 0) is 0 Å². The predicted octanol–water partition coefficient (Wildman–Crippen LogP) is 1.39. The molecule has 1 aromatic rings. The van der Waals surface area contributed by atoms with Gasteiger partial charge in [-0.25, -0.2) is 0 Å². The van der Waals surface area contributed by atoms with Gasteiger partial charge in [0.15, 0.2) is 0 Å². The molecule has 100 valence electrons. The van der Waals surface area contributed by atoms with Gasteiger partial charge in [0.1, 0.15) is 0 Å². The SMILES string of the molecule is COc1nc(OC(F)(F)F)c(CO)cc1[N+](=O)[O-]. The molecule has 0 aliphatic carbocycles. The lowest BCUT2D eigenvalue weighted by atomic mass is 10.2. The summed E-state index contributed by atoms with van der Waals surface area (Å²) in [5.74, 6) is -1.64. The normalized spacial score (nSPS) is 11.2. The molecule has 0 saturated carbocycles. The van der Waals surface area contributed by atoms with Crippen LogP contribution in [-0.4, -0.2) is 28.5 Å². The van der Waals surface area contributed by atoms with Gasteiger partial charge in [0.05, 0.1) is 18.6 Å². The van der Waals surface area contributed by atoms with E-state index < -0.39 is 40.9 Å². The molecule has 0 radical (unpaired) electrons. The van der Waals surface area contributed by atoms with Gasteiger partial charge in [-0.2, -0.15) is 4.98 Å². The molecule has 0 saturated heterocycles. The molecule has 0 spiro atoms. The highest BCUT2D eigenvalue weighted by molar-refractivity contribution is 5.47. The quantitative estimate of drug-likeness (QED) is 0.655. The number of aliphatic hydroxyl groups excluding tert-OH is 1. The first-order chi connectivity index (χ1) is 8.28. The van der Waals surface area contributed by atoms with Crippen LogP contribution in [0.3, 0.4) is 0 Å². The number of hydrogen-bond acceptors (Lipinski definition) is 6. The number of alkyl halides is 3. The van der Waals surface area contributed by atoms with E-state index in [1.807, 2.05) is 0 Å². The molecule has 7 nitrogen and oxygen atoms in total. The molecule has 0 atom stereocenters. The number of aliphatic hydroxyl groups is 1. The fourth-order valence-electron chi connectivity index (χ4n) is 1.10. The van der Waals surface area contributed by atoms with E-state index in [9.17, 15) is 23.3 Å². The Hall–Kier alpha value is -2.10. The second-order valence-corrected chi connectivity index (χ2v) is 2.94. The number of nitrogens with zero attached hydrogens (tertiary/aromatic N) is 2. The average Bonchev–Trinajstić information content (AvgIpc) is 2.25. The number of halogens is 3. The number of methoxy groups -OCH3 is 1. The van der Waals surface area contributed by atoms with Gasteiger partial charge in [0.2, 0.25) is 5.88 Å². The molecular formula is C8H7F3N2O5. The lowest BCUT2D eigenvalue weighted by Crippen LogP contribution is -2.19. The van der Waals surface area contributed by atoms with Gasteiger partial charge in [-0.15, -0.1) is 13.2 Å². The van der Waals surface area contributed by atoms with Crippen LogP contribution in [0.5, 0.6) is 11.8 Å². The van der Waals surface area contributed by atoms with Gasteiger partial charge < -0.3 is 14.6 Å². The summed E-state index contributed by atoms with van der Waals surface area (Å²) in [5, 5.41) is 19.4. The van der Waals surface area contributed by atoms with Crippen LogP contribution in [0.25, 0.3) is 0 Å². The molecule has 0 amide bonds. The zero-order valence-corrected chi connectivity index (χ0v) is 8.89. The molecule has 1 rings (SSSR count). The monoisotopic (exact) mass is 268 g/mol. The van der Waals surface area contributed by atoms with Crippen LogP contribution < -0.4 is 9.47 Å². The Kier molecular flexibility index (Phi) is 3.91. The van der Waals surface area contributed by atoms with Gasteiger partial charge in [0.25, 0.3) is 5.88 Å². The van der Waals surface area contributed by atoms with Crippen LogP contribution in [0.4, 0.5) is 18.9 Å². The maximum atomic E-state index is 12.0. The zero-order valence-electron chi connectivity index (χ0n) is 8.89. The summed E-state index contributed by atoms with van der Waals surface area (Å²) in [7, 11) is 1.01. The van der Waals surface area contributed by atoms with Crippen LogP contribution in [0.2, 0.25) is 0 Å². The minimum absolute atomic E-state index is 0.472. The summed E-state index contributed by atoms with van der Waals surface area (Å²) in [6.07, 6.45) is -5.03. The van der Waals surface area contributed by atoms with E-state index in [1.165, 1.54) is 0 Å². The maximum Gasteiger partial charge on any atom is 0.574 e. The number of aromatic nitrogens is 1. The largest absolute Gasteiger partial charge is 0.574 e. The van der Waals surface area contributed by atoms with Gasteiger partial charge >= 0.3 is 12.0 Å². The van der Waals surface area contributed by atoms with E-state index in [1.54, 1.807) is 0 Å². The first kappa shape index (κ1) is 14.0. The maximum absolute atomic E-state index is 12.0. The van der Waals surface area contributed by atoms with Gasteiger partial charge in [-0.3, -0.25) is 10.1 Å². The Bertz CT molecular complexity index is 463. The summed E-state index contributed by atoms with van der Waals surface area (Å²) in [4.78, 5) is 12.9. The first-order valence-electron chi connectivity index (χ1n) is 4.37. The van der Waals surface area contributed by atoms with Crippen molar-refractivity contribution in [1.29, 1.82) is 0 Å². The lowest BCUT2D eigenvalue weighted by Gasteiger charge is -2.12. The van der Waals surface area contributed by atoms with E-state index in [2.05, 4.69) is 14.5 Å². The van der Waals surface area contributed by atoms with Gasteiger partial charge in [-0.1, -0.05) is 0 Å². The highest BCUT2D eigenvalue weighted by atomic mass is 19.4. The third kappa shape index (κ3) is 3.20. The van der Waals surface area contributed by atoms with Crippen molar-refractivity contribution in [3.63, 3.8) is 0 Å². The summed E-state index contributed by atoms with van der Waals surface area (Å²) < 4.78 is 44.1. The molecule has 0 bridgehead atoms. The second kappa shape index (κ2) is 5.04. The standard InChI is InChI=1S/C8H7F3N2O5/c1-17-7-5(13(15)16)2-4(3-14)6(12-7)18-8(9,10)11/h2,14H,3H2,1H3. The van der Waals surface area contributed by atoms with Crippen molar-refractivity contribution in [1.82, 2.24) is 4.98 Å². The van der Waals surface area contributed by atoms with E-state index in [-0.39, 0.29) is 0 Å². The molecule has 0 aromatic carbocycles. The molecule has 0 fully saturated rings. The molecular weight excluding hydrogens is 261 g/mol. The third-order valence-electron chi connectivity index (χ3n) is 1.78. The number of hydrogen-bond donors (Lipinski definition) is 1. The van der Waals surface area contributed by atoms with Crippen molar-refractivity contribution in [2.24, 2.45) is 0 Å². The van der Waals surface area contributed by atoms with E-state index in [0.29, 0.717) is 6.07 Å². The Morgan fingerprint density at radius 1 is 1.50 bits per heavy atom. The predicted molar refractivity (Wildman–Crippen MR) is 50.0 cm³/mol. The van der Waals surface area contributed by atoms with E-state index in [4.69, 9.17) is 5.11 Å². The molecule has 1 N–H and O–H groups in total. The Morgan fingerprint density at radius 3 is 2.50 bits per heavy atom. The molecule has 0 aliphatic heterocycles. The van der Waals surface area contributed by atoms with Crippen LogP contribution in [-0.2, 0) is 6.61 Å². The molecule has 18 heavy (non-hydrogen) atoms. The number of ether oxygens (including phenoxy) is 2. The summed E-state index contributed by atoms with van der Waals surface area (Å²) >= 11 is 0. The van der Waals surface area contributed by atoms with Crippen molar-refractivity contribution >= 4 is 5.69 Å². The number of rotatable bonds is 4. The number of nitro groups is 1. The Labute approximate surface area is 97.9 Å². The average molecular weight is 268 g/mol. The zero-order chi connectivity index (χ0) is 13.9. The fourth-order valence-corrected chi connectivity index (χ4v) is 1.10. The van der Waals surface area contributed by atoms with Crippen molar-refractivity contribution in [2.75, 3.05) is 7.11 Å². The molecule has 1 aromatic heterocycles. The van der Waals surface area contributed by atoms with Crippen molar-refractivity contribution in [3.05, 3.63) is 21.7 Å². The van der Waals surface area contributed by atoms with Crippen molar-refractivity contribution in [3.8, 4) is 11.8 Å². The van der Waals surface area contributed by atoms with Gasteiger partial charge in [0, 0.05) is 11.6 Å². The van der Waals surface area contributed by atoms with E-state index in [0.717, 1.165) is 7.11 Å². The Balaban J connectivity index is 3.30. The van der Waals surface area contributed by atoms with Crippen molar-refractivity contribution < 1.29 is 32.7 Å². The van der Waals surface area contributed by atoms with Crippen LogP contribution in [0.1, 0.15) is 5.56 Å². The highest BCUT2D eigenvalue weighted by Crippen LogP contribution is 2.33. The minimum Gasteiger partial charge on any atom is -0.476 e. The van der Waals surface area contributed by atoms with Crippen molar-refractivity contribution in [2.45, 2.75) is 13.0 Å².